The second-order valence-electron chi connectivity index (χ2n) is 7.70. The zero-order valence-electron chi connectivity index (χ0n) is 20.4. The molecule has 3 rings (SSSR count). The summed E-state index contributed by atoms with van der Waals surface area (Å²) in [5, 5.41) is 13.9. The Kier molecular flexibility index (Phi) is 8.88. The van der Waals surface area contributed by atoms with Gasteiger partial charge >= 0.3 is 17.9 Å². The summed E-state index contributed by atoms with van der Waals surface area (Å²) in [5.41, 5.74) is 0.802. The highest BCUT2D eigenvalue weighted by Crippen LogP contribution is 2.45. The molecule has 0 amide bonds. The number of aliphatic imine (C=N–C) groups is 1. The van der Waals surface area contributed by atoms with Gasteiger partial charge in [-0.3, -0.25) is 14.6 Å². The van der Waals surface area contributed by atoms with Gasteiger partial charge in [0.05, 0.1) is 32.1 Å². The second-order valence-corrected chi connectivity index (χ2v) is 8.11. The summed E-state index contributed by atoms with van der Waals surface area (Å²) < 4.78 is 21.1. The molecule has 0 saturated carbocycles. The quantitative estimate of drug-likeness (QED) is 0.384. The van der Waals surface area contributed by atoms with Crippen molar-refractivity contribution in [1.29, 1.82) is 0 Å². The highest BCUT2D eigenvalue weighted by Gasteiger charge is 2.48. The van der Waals surface area contributed by atoms with Gasteiger partial charge in [0.15, 0.2) is 11.7 Å². The van der Waals surface area contributed by atoms with Gasteiger partial charge in [-0.05, 0) is 25.5 Å². The zero-order valence-corrected chi connectivity index (χ0v) is 21.1. The summed E-state index contributed by atoms with van der Waals surface area (Å²) in [6.45, 7) is 3.29. The van der Waals surface area contributed by atoms with E-state index in [-0.39, 0.29) is 23.7 Å². The molecule has 12 nitrogen and oxygen atoms in total. The number of hydrogen-bond donors (Lipinski definition) is 1. The van der Waals surface area contributed by atoms with Gasteiger partial charge in [-0.2, -0.15) is 5.21 Å². The van der Waals surface area contributed by atoms with Crippen LogP contribution in [0.15, 0.2) is 40.5 Å². The van der Waals surface area contributed by atoms with Crippen molar-refractivity contribution in [2.24, 2.45) is 10.9 Å². The lowest BCUT2D eigenvalue weighted by atomic mass is 9.74. The second kappa shape index (κ2) is 11.9. The summed E-state index contributed by atoms with van der Waals surface area (Å²) in [5.74, 6) is -5.40. The maximum atomic E-state index is 13.5. The van der Waals surface area contributed by atoms with Crippen molar-refractivity contribution in [3.05, 3.63) is 51.9 Å². The molecule has 2 aromatic rings. The summed E-state index contributed by atoms with van der Waals surface area (Å²) in [6, 6.07) is 6.78. The number of tetrazole rings is 1. The van der Waals surface area contributed by atoms with Crippen LogP contribution in [0.25, 0.3) is 0 Å². The zero-order chi connectivity index (χ0) is 26.4. The number of rotatable bonds is 9. The molecule has 0 aliphatic carbocycles. The Morgan fingerprint density at radius 2 is 1.86 bits per heavy atom. The third-order valence-corrected chi connectivity index (χ3v) is 6.12. The van der Waals surface area contributed by atoms with Crippen LogP contribution in [0.1, 0.15) is 37.1 Å². The first-order valence-corrected chi connectivity index (χ1v) is 11.3. The molecular formula is C23H26ClN5O7. The van der Waals surface area contributed by atoms with E-state index in [1.54, 1.807) is 38.1 Å². The van der Waals surface area contributed by atoms with Crippen LogP contribution >= 0.6 is 11.6 Å². The molecule has 1 N–H and O–H groups in total. The largest absolute Gasteiger partial charge is 0.468 e. The number of H-pyrrole nitrogens is 1. The third kappa shape index (κ3) is 5.14. The number of carbonyl (C=O) groups excluding carboxylic acids is 3. The molecule has 1 aromatic carbocycles. The van der Waals surface area contributed by atoms with Gasteiger partial charge in [-0.15, -0.1) is 10.2 Å². The maximum absolute atomic E-state index is 13.5. The van der Waals surface area contributed by atoms with Gasteiger partial charge in [0, 0.05) is 23.8 Å². The predicted octanol–water partition coefficient (Wildman–Crippen LogP) is 1.99. The number of nitrogens with zero attached hydrogens (tertiary/aromatic N) is 4. The lowest BCUT2D eigenvalue weighted by Gasteiger charge is -2.35. The molecule has 2 heterocycles. The van der Waals surface area contributed by atoms with Crippen molar-refractivity contribution in [2.75, 3.05) is 27.9 Å². The average molecular weight is 520 g/mol. The Hall–Kier alpha value is -3.64. The molecule has 0 saturated heterocycles. The molecule has 1 aliphatic rings. The van der Waals surface area contributed by atoms with Crippen molar-refractivity contribution < 1.29 is 33.3 Å². The summed E-state index contributed by atoms with van der Waals surface area (Å²) in [7, 11) is 3.76. The fourth-order valence-corrected chi connectivity index (χ4v) is 4.49. The van der Waals surface area contributed by atoms with Gasteiger partial charge in [-0.25, -0.2) is 4.79 Å². The number of benzene rings is 1. The van der Waals surface area contributed by atoms with Crippen molar-refractivity contribution >= 4 is 35.2 Å². The van der Waals surface area contributed by atoms with Gasteiger partial charge in [-0.1, -0.05) is 35.0 Å². The number of carbonyl (C=O) groups is 3. The molecule has 13 heteroatoms. The molecule has 1 aliphatic heterocycles. The lowest BCUT2D eigenvalue weighted by Crippen LogP contribution is -2.40. The molecule has 192 valence electrons. The number of methoxy groups -OCH3 is 3. The highest BCUT2D eigenvalue weighted by molar-refractivity contribution is 6.31. The number of halogens is 1. The maximum Gasteiger partial charge on any atom is 0.336 e. The summed E-state index contributed by atoms with van der Waals surface area (Å²) in [4.78, 5) is 43.9. The van der Waals surface area contributed by atoms with E-state index in [0.717, 1.165) is 0 Å². The Morgan fingerprint density at radius 3 is 2.42 bits per heavy atom. The minimum Gasteiger partial charge on any atom is -0.468 e. The Balaban J connectivity index is 2.37. The molecule has 4 unspecified atom stereocenters. The molecule has 0 bridgehead atoms. The lowest BCUT2D eigenvalue weighted by molar-refractivity contribution is -0.147. The Morgan fingerprint density at radius 1 is 1.14 bits per heavy atom. The summed E-state index contributed by atoms with van der Waals surface area (Å²) >= 11 is 6.54. The first-order valence-electron chi connectivity index (χ1n) is 10.9. The molecule has 36 heavy (non-hydrogen) atoms. The smallest absolute Gasteiger partial charge is 0.336 e. The van der Waals surface area contributed by atoms with Crippen LogP contribution in [0.2, 0.25) is 5.02 Å². The number of nitrogens with one attached hydrogen (secondary N) is 1. The van der Waals surface area contributed by atoms with E-state index in [0.29, 0.717) is 16.3 Å². The SMILES string of the molecule is CCOC(=O)C1=C(C(OC)C(C(=O)OC)c2nn[nH]n2)N=C(C)C(C(=O)OC)C1c1ccccc1Cl. The van der Waals surface area contributed by atoms with Gasteiger partial charge in [0.2, 0.25) is 0 Å². The molecule has 4 atom stereocenters. The van der Waals surface area contributed by atoms with E-state index in [4.69, 9.17) is 30.5 Å². The highest BCUT2D eigenvalue weighted by atomic mass is 35.5. The standard InChI is InChI=1S/C23H26ClN5O7/c1-6-36-23(32)16-15(12-9-7-8-10-13(12)24)14(21(30)34-4)11(2)25-18(16)19(33-3)17(22(31)35-5)20-26-28-29-27-20/h7-10,14-15,17,19H,6H2,1-5H3,(H,26,27,28,29). The van der Waals surface area contributed by atoms with Gasteiger partial charge < -0.3 is 18.9 Å². The average Bonchev–Trinajstić information content (AvgIpc) is 3.40. The first kappa shape index (κ1) is 27.0. The van der Waals surface area contributed by atoms with Crippen molar-refractivity contribution in [1.82, 2.24) is 20.6 Å². The minimum atomic E-state index is -1.25. The van der Waals surface area contributed by atoms with Crippen molar-refractivity contribution in [3.63, 3.8) is 0 Å². The first-order chi connectivity index (χ1) is 17.3. The molecule has 0 radical (unpaired) electrons. The van der Waals surface area contributed by atoms with Crippen LogP contribution in [0.3, 0.4) is 0 Å². The van der Waals surface area contributed by atoms with E-state index >= 15 is 0 Å². The number of hydrogen-bond acceptors (Lipinski definition) is 11. The minimum absolute atomic E-state index is 0.0183. The van der Waals surface area contributed by atoms with E-state index < -0.39 is 41.8 Å². The fourth-order valence-electron chi connectivity index (χ4n) is 4.24. The van der Waals surface area contributed by atoms with Crippen LogP contribution in [-0.4, -0.2) is 78.3 Å². The van der Waals surface area contributed by atoms with Crippen molar-refractivity contribution in [2.45, 2.75) is 31.8 Å². The van der Waals surface area contributed by atoms with Crippen LogP contribution in [0, 0.1) is 5.92 Å². The van der Waals surface area contributed by atoms with Gasteiger partial charge in [0.1, 0.15) is 12.0 Å². The van der Waals surface area contributed by atoms with E-state index in [1.165, 1.54) is 21.3 Å². The number of aromatic amines is 1. The van der Waals surface area contributed by atoms with Crippen LogP contribution in [-0.2, 0) is 33.3 Å². The molecule has 1 aromatic heterocycles. The molecule has 0 spiro atoms. The van der Waals surface area contributed by atoms with E-state index in [1.807, 2.05) is 0 Å². The number of aromatic nitrogens is 4. The van der Waals surface area contributed by atoms with E-state index in [9.17, 15) is 14.4 Å². The fraction of sp³-hybridized carbons (Fsp3) is 0.435. The monoisotopic (exact) mass is 519 g/mol. The van der Waals surface area contributed by atoms with Crippen molar-refractivity contribution in [3.8, 4) is 0 Å². The normalized spacial score (nSPS) is 19.2. The molecular weight excluding hydrogens is 494 g/mol. The predicted molar refractivity (Wildman–Crippen MR) is 126 cm³/mol. The summed E-state index contributed by atoms with van der Waals surface area (Å²) in [6.07, 6.45) is -1.21. The van der Waals surface area contributed by atoms with E-state index in [2.05, 4.69) is 25.6 Å². The number of esters is 3. The van der Waals surface area contributed by atoms with Crippen LogP contribution in [0.4, 0.5) is 0 Å². The van der Waals surface area contributed by atoms with Gasteiger partial charge in [0.25, 0.3) is 0 Å². The Bertz CT molecular complexity index is 1180. The Labute approximate surface area is 212 Å². The van der Waals surface area contributed by atoms with Crippen LogP contribution in [0.5, 0.6) is 0 Å². The van der Waals surface area contributed by atoms with Crippen LogP contribution < -0.4 is 0 Å². The molecule has 0 fully saturated rings. The third-order valence-electron chi connectivity index (χ3n) is 5.78. The number of ether oxygens (including phenoxy) is 4. The topological polar surface area (TPSA) is 155 Å².